The first-order chi connectivity index (χ1) is 22.3. The van der Waals surface area contributed by atoms with Crippen molar-refractivity contribution < 1.29 is 19.8 Å². The highest BCUT2D eigenvalue weighted by molar-refractivity contribution is 8.04. The van der Waals surface area contributed by atoms with Crippen molar-refractivity contribution in [3.05, 3.63) is 67.5 Å². The zero-order valence-corrected chi connectivity index (χ0v) is 33.9. The molecule has 270 valence electrons. The van der Waals surface area contributed by atoms with Gasteiger partial charge in [-0.15, -0.1) is 0 Å². The number of hydrogen-bond donors (Lipinski definition) is 3. The molecule has 0 aromatic heterocycles. The largest absolute Gasteiger partial charge is 0.507 e. The molecular formula is C39H58N4O4S2. The van der Waals surface area contributed by atoms with Crippen LogP contribution in [0.15, 0.2) is 34.1 Å². The number of carbonyl (C=O) groups excluding carboxylic acids is 2. The minimum absolute atomic E-state index is 0.00908. The van der Waals surface area contributed by atoms with Gasteiger partial charge in [-0.3, -0.25) is 19.6 Å². The number of hydrogen-bond acceptors (Lipinski definition) is 8. The number of hydrazine groups is 2. The Bertz CT molecular complexity index is 1560. The van der Waals surface area contributed by atoms with Crippen molar-refractivity contribution in [2.45, 2.75) is 105 Å². The van der Waals surface area contributed by atoms with Gasteiger partial charge in [0, 0.05) is 43.4 Å². The molecule has 2 aromatic rings. The van der Waals surface area contributed by atoms with Crippen LogP contribution < -0.4 is 5.43 Å². The number of carbonyl (C=O) groups is 2. The fourth-order valence-electron chi connectivity index (χ4n) is 5.51. The summed E-state index contributed by atoms with van der Waals surface area (Å²) >= 11 is 3.07. The molecule has 0 aliphatic carbocycles. The van der Waals surface area contributed by atoms with Gasteiger partial charge in [0.15, 0.2) is 0 Å². The van der Waals surface area contributed by atoms with Gasteiger partial charge in [0.25, 0.3) is 11.8 Å². The van der Waals surface area contributed by atoms with E-state index in [1.165, 1.54) is 11.8 Å². The van der Waals surface area contributed by atoms with E-state index in [4.69, 9.17) is 0 Å². The minimum atomic E-state index is -0.179. The van der Waals surface area contributed by atoms with E-state index < -0.39 is 0 Å². The fraction of sp³-hybridized carbons (Fsp3) is 0.538. The molecule has 0 saturated carbocycles. The predicted molar refractivity (Wildman–Crippen MR) is 208 cm³/mol. The Morgan fingerprint density at radius 1 is 0.633 bits per heavy atom. The lowest BCUT2D eigenvalue weighted by molar-refractivity contribution is -0.136. The molecule has 3 N–H and O–H groups in total. The van der Waals surface area contributed by atoms with Crippen LogP contribution in [0.2, 0.25) is 0 Å². The molecule has 0 radical (unpaired) electrons. The third-order valence-corrected chi connectivity index (χ3v) is 10.4. The Morgan fingerprint density at radius 2 is 0.959 bits per heavy atom. The molecule has 2 saturated heterocycles. The number of benzene rings is 2. The predicted octanol–water partition coefficient (Wildman–Crippen LogP) is 8.33. The standard InChI is InChI=1S/C20H30N2O2S.C19H28N2O2S/c1-19(2,3)14-9-13(10-15(17(14)23)20(4,5)6)11-16-18(24)22(12-25-16)21(7)8;1-18(2,3)13-8-12(9-14(16(13)22)19(4,5)6)10-15-17(23)21(20-7)11-24-15/h9-11,23H,12H2,1-8H3;8-10,20,22H,11H2,1-7H3/b16-11-;15-10-. The number of rotatable bonds is 4. The molecule has 8 nitrogen and oxygen atoms in total. The lowest BCUT2D eigenvalue weighted by Crippen LogP contribution is -2.37. The fourth-order valence-corrected chi connectivity index (χ4v) is 7.53. The Kier molecular flexibility index (Phi) is 12.2. The highest BCUT2D eigenvalue weighted by Crippen LogP contribution is 2.42. The molecule has 2 heterocycles. The summed E-state index contributed by atoms with van der Waals surface area (Å²) in [7, 11) is 5.49. The zero-order valence-electron chi connectivity index (χ0n) is 32.2. The first-order valence-corrected chi connectivity index (χ1v) is 18.7. The van der Waals surface area contributed by atoms with E-state index in [-0.39, 0.29) is 33.5 Å². The molecule has 2 amide bonds. The summed E-state index contributed by atoms with van der Waals surface area (Å²) in [5.41, 5.74) is 7.72. The summed E-state index contributed by atoms with van der Waals surface area (Å²) in [6, 6.07) is 7.99. The van der Waals surface area contributed by atoms with Crippen LogP contribution in [0, 0.1) is 0 Å². The third-order valence-electron chi connectivity index (χ3n) is 8.44. The van der Waals surface area contributed by atoms with E-state index in [1.807, 2.05) is 55.5 Å². The van der Waals surface area contributed by atoms with Gasteiger partial charge in [-0.25, -0.2) is 10.4 Å². The molecule has 2 aromatic carbocycles. The smallest absolute Gasteiger partial charge is 0.275 e. The van der Waals surface area contributed by atoms with Gasteiger partial charge in [0.2, 0.25) is 0 Å². The summed E-state index contributed by atoms with van der Waals surface area (Å²) in [6.07, 6.45) is 3.87. The lowest BCUT2D eigenvalue weighted by atomic mass is 9.78. The van der Waals surface area contributed by atoms with Crippen molar-refractivity contribution in [3.8, 4) is 11.5 Å². The van der Waals surface area contributed by atoms with Crippen LogP contribution >= 0.6 is 23.5 Å². The van der Waals surface area contributed by atoms with Crippen molar-refractivity contribution >= 4 is 47.5 Å². The van der Waals surface area contributed by atoms with Crippen LogP contribution in [0.5, 0.6) is 11.5 Å². The number of phenolic OH excluding ortho intramolecular Hbond substituents is 2. The van der Waals surface area contributed by atoms with Gasteiger partial charge in [0.05, 0.1) is 21.6 Å². The maximum absolute atomic E-state index is 12.5. The van der Waals surface area contributed by atoms with Gasteiger partial charge in [0.1, 0.15) is 11.5 Å². The molecule has 10 heteroatoms. The normalized spacial score (nSPS) is 17.9. The summed E-state index contributed by atoms with van der Waals surface area (Å²) in [5, 5.41) is 26.7. The topological polar surface area (TPSA) is 96.3 Å². The number of nitrogens with one attached hydrogen (secondary N) is 1. The molecule has 0 unspecified atom stereocenters. The van der Waals surface area contributed by atoms with Crippen molar-refractivity contribution in [2.75, 3.05) is 32.9 Å². The highest BCUT2D eigenvalue weighted by Gasteiger charge is 2.31. The number of phenols is 2. The monoisotopic (exact) mass is 710 g/mol. The van der Waals surface area contributed by atoms with E-state index in [2.05, 4.69) is 88.5 Å². The van der Waals surface area contributed by atoms with Crippen molar-refractivity contribution in [1.82, 2.24) is 20.5 Å². The van der Waals surface area contributed by atoms with Gasteiger partial charge >= 0.3 is 0 Å². The van der Waals surface area contributed by atoms with Crippen LogP contribution in [-0.2, 0) is 31.2 Å². The lowest BCUT2D eigenvalue weighted by Gasteiger charge is -2.28. The minimum Gasteiger partial charge on any atom is -0.507 e. The number of nitrogens with zero attached hydrogens (tertiary/aromatic N) is 3. The zero-order chi connectivity index (χ0) is 37.4. The van der Waals surface area contributed by atoms with Crippen molar-refractivity contribution in [3.63, 3.8) is 0 Å². The van der Waals surface area contributed by atoms with E-state index in [1.54, 1.807) is 28.8 Å². The van der Waals surface area contributed by atoms with Crippen LogP contribution in [-0.4, -0.2) is 70.0 Å². The Hall–Kier alpha value is -2.92. The van der Waals surface area contributed by atoms with Crippen LogP contribution in [0.1, 0.15) is 116 Å². The SMILES string of the molecule is CN(C)N1CS/C(=C\c2cc(C(C)(C)C)c(O)c(C(C)(C)C)c2)C1=O.CNN1CS/C(=C\c2cc(C(C)(C)C)c(O)c(C(C)(C)C)c2)C1=O. The third kappa shape index (κ3) is 9.66. The second kappa shape index (κ2) is 14.7. The molecule has 49 heavy (non-hydrogen) atoms. The Labute approximate surface area is 303 Å². The molecule has 0 spiro atoms. The maximum atomic E-state index is 12.5. The summed E-state index contributed by atoms with van der Waals surface area (Å²) in [5.74, 6) is 1.98. The molecule has 0 bridgehead atoms. The first-order valence-electron chi connectivity index (χ1n) is 16.7. The second-order valence-electron chi connectivity index (χ2n) is 17.0. The van der Waals surface area contributed by atoms with Crippen LogP contribution in [0.25, 0.3) is 12.2 Å². The molecular weight excluding hydrogens is 653 g/mol. The van der Waals surface area contributed by atoms with Crippen LogP contribution in [0.4, 0.5) is 0 Å². The Morgan fingerprint density at radius 3 is 1.22 bits per heavy atom. The maximum Gasteiger partial charge on any atom is 0.275 e. The molecule has 2 fully saturated rings. The summed E-state index contributed by atoms with van der Waals surface area (Å²) < 4.78 is 0. The first kappa shape index (κ1) is 40.5. The average molecular weight is 711 g/mol. The van der Waals surface area contributed by atoms with Gasteiger partial charge in [-0.1, -0.05) is 107 Å². The molecule has 0 atom stereocenters. The molecule has 4 rings (SSSR count). The Balaban J connectivity index is 0.000000266. The van der Waals surface area contributed by atoms with Gasteiger partial charge in [-0.2, -0.15) is 0 Å². The van der Waals surface area contributed by atoms with Gasteiger partial charge < -0.3 is 10.2 Å². The highest BCUT2D eigenvalue weighted by atomic mass is 32.2. The quantitative estimate of drug-likeness (QED) is 0.273. The van der Waals surface area contributed by atoms with E-state index in [0.29, 0.717) is 23.3 Å². The number of thioether (sulfide) groups is 2. The van der Waals surface area contributed by atoms with Crippen molar-refractivity contribution in [2.24, 2.45) is 0 Å². The summed E-state index contributed by atoms with van der Waals surface area (Å²) in [4.78, 5) is 26.3. The van der Waals surface area contributed by atoms with E-state index >= 15 is 0 Å². The van der Waals surface area contributed by atoms with Crippen molar-refractivity contribution in [1.29, 1.82) is 0 Å². The van der Waals surface area contributed by atoms with Crippen LogP contribution in [0.3, 0.4) is 0 Å². The van der Waals surface area contributed by atoms with Gasteiger partial charge in [-0.05, 0) is 69.2 Å². The summed E-state index contributed by atoms with van der Waals surface area (Å²) in [6.45, 7) is 25.1. The molecule has 2 aliphatic heterocycles. The number of aromatic hydroxyl groups is 2. The average Bonchev–Trinajstić information content (AvgIpc) is 3.49. The van der Waals surface area contributed by atoms with E-state index in [0.717, 1.165) is 43.2 Å². The van der Waals surface area contributed by atoms with E-state index in [9.17, 15) is 19.8 Å². The molecule has 2 aliphatic rings. The number of amides is 2. The second-order valence-corrected chi connectivity index (χ2v) is 19.0.